The molecule has 2 N–H and O–H groups in total. The minimum Gasteiger partial charge on any atom is -0.477 e. The monoisotopic (exact) mass is 362 g/mol. The van der Waals surface area contributed by atoms with Gasteiger partial charge in [-0.3, -0.25) is 0 Å². The van der Waals surface area contributed by atoms with Gasteiger partial charge in [0.2, 0.25) is 0 Å². The molecule has 3 rings (SSSR count). The van der Waals surface area contributed by atoms with E-state index in [1.807, 2.05) is 25.2 Å². The van der Waals surface area contributed by atoms with E-state index in [9.17, 15) is 14.7 Å². The molecular weight excluding hydrogens is 334 g/mol. The van der Waals surface area contributed by atoms with Gasteiger partial charge >= 0.3 is 11.9 Å². The third-order valence-corrected chi connectivity index (χ3v) is 5.90. The minimum absolute atomic E-state index is 0.0135. The van der Waals surface area contributed by atoms with Crippen molar-refractivity contribution in [2.24, 2.45) is 5.92 Å². The lowest BCUT2D eigenvalue weighted by atomic mass is 9.80. The van der Waals surface area contributed by atoms with Crippen LogP contribution in [0.2, 0.25) is 0 Å². The van der Waals surface area contributed by atoms with E-state index in [1.165, 1.54) is 0 Å². The van der Waals surface area contributed by atoms with Gasteiger partial charge in [-0.2, -0.15) is 0 Å². The van der Waals surface area contributed by atoms with Crippen molar-refractivity contribution >= 4 is 11.9 Å². The van der Waals surface area contributed by atoms with Crippen LogP contribution in [0.1, 0.15) is 37.7 Å². The van der Waals surface area contributed by atoms with Crippen LogP contribution in [-0.4, -0.2) is 59.4 Å². The summed E-state index contributed by atoms with van der Waals surface area (Å²) in [5, 5.41) is 20.5. The van der Waals surface area contributed by atoms with Gasteiger partial charge in [0.1, 0.15) is 6.54 Å². The van der Waals surface area contributed by atoms with Crippen LogP contribution < -0.4 is 0 Å². The number of aliphatic hydroxyl groups is 1. The van der Waals surface area contributed by atoms with Gasteiger partial charge in [0, 0.05) is 12.3 Å². The standard InChI is InChI=1S/C20H27NO5/c1-21(14-18(22)23)12-11-17(13-21)26-19(24)20(25,16-9-5-6-10-16)15-7-3-2-4-8-15/h2-4,7-8,16-17,25H,5-6,9-14H2,1H3/p+1/t17-,20?,21?/m0/s1. The Balaban J connectivity index is 1.76. The van der Waals surface area contributed by atoms with Crippen LogP contribution in [-0.2, 0) is 19.9 Å². The van der Waals surface area contributed by atoms with E-state index in [0.29, 0.717) is 29.6 Å². The minimum atomic E-state index is -1.63. The highest BCUT2D eigenvalue weighted by molar-refractivity contribution is 5.81. The second kappa shape index (κ2) is 7.37. The zero-order chi connectivity index (χ0) is 18.8. The topological polar surface area (TPSA) is 83.8 Å². The Hall–Kier alpha value is -1.92. The first-order chi connectivity index (χ1) is 12.3. The molecule has 142 valence electrons. The van der Waals surface area contributed by atoms with Gasteiger partial charge in [0.15, 0.2) is 18.2 Å². The van der Waals surface area contributed by atoms with Gasteiger partial charge in [0.05, 0.1) is 13.6 Å². The number of carbonyl (C=O) groups is 2. The van der Waals surface area contributed by atoms with Gasteiger partial charge < -0.3 is 19.4 Å². The van der Waals surface area contributed by atoms with Crippen molar-refractivity contribution in [3.63, 3.8) is 0 Å². The largest absolute Gasteiger partial charge is 0.477 e. The Morgan fingerprint density at radius 2 is 1.85 bits per heavy atom. The molecule has 1 aromatic carbocycles. The molecule has 3 atom stereocenters. The van der Waals surface area contributed by atoms with Gasteiger partial charge in [-0.15, -0.1) is 0 Å². The molecule has 1 aliphatic heterocycles. The highest BCUT2D eigenvalue weighted by Gasteiger charge is 2.49. The maximum Gasteiger partial charge on any atom is 0.359 e. The summed E-state index contributed by atoms with van der Waals surface area (Å²) in [6.07, 6.45) is 3.87. The molecule has 2 fully saturated rings. The number of benzene rings is 1. The average Bonchev–Trinajstić information content (AvgIpc) is 3.25. The molecule has 2 aliphatic rings. The second-order valence-electron chi connectivity index (χ2n) is 8.01. The van der Waals surface area contributed by atoms with E-state index >= 15 is 0 Å². The SMILES string of the molecule is C[N+]1(CC(=O)O)CC[C@H](OC(=O)C(O)(c2ccccc2)C2CCCC2)C1. The molecule has 1 heterocycles. The van der Waals surface area contributed by atoms with Crippen molar-refractivity contribution in [1.82, 2.24) is 0 Å². The van der Waals surface area contributed by atoms with Crippen molar-refractivity contribution in [1.29, 1.82) is 0 Å². The Bertz CT molecular complexity index is 657. The first-order valence-electron chi connectivity index (χ1n) is 9.38. The van der Waals surface area contributed by atoms with E-state index in [-0.39, 0.29) is 18.6 Å². The summed E-state index contributed by atoms with van der Waals surface area (Å²) >= 11 is 0. The van der Waals surface area contributed by atoms with Crippen molar-refractivity contribution < 1.29 is 29.0 Å². The Morgan fingerprint density at radius 1 is 1.19 bits per heavy atom. The van der Waals surface area contributed by atoms with Crippen LogP contribution in [0.4, 0.5) is 0 Å². The Morgan fingerprint density at radius 3 is 2.46 bits per heavy atom. The number of nitrogens with zero attached hydrogens (tertiary/aromatic N) is 1. The van der Waals surface area contributed by atoms with E-state index in [2.05, 4.69) is 0 Å². The third-order valence-electron chi connectivity index (χ3n) is 5.90. The van der Waals surface area contributed by atoms with Crippen LogP contribution in [0.15, 0.2) is 30.3 Å². The van der Waals surface area contributed by atoms with Gasteiger partial charge in [0.25, 0.3) is 0 Å². The fourth-order valence-corrected chi connectivity index (χ4v) is 4.49. The maximum absolute atomic E-state index is 13.0. The lowest BCUT2D eigenvalue weighted by molar-refractivity contribution is -0.891. The molecule has 2 unspecified atom stereocenters. The number of esters is 1. The summed E-state index contributed by atoms with van der Waals surface area (Å²) in [6.45, 7) is 1.13. The Kier molecular flexibility index (Phi) is 5.34. The molecule has 1 saturated carbocycles. The number of hydrogen-bond acceptors (Lipinski definition) is 4. The number of likely N-dealkylation sites (tertiary alicyclic amines) is 1. The molecular formula is C20H28NO5+. The van der Waals surface area contributed by atoms with Crippen LogP contribution >= 0.6 is 0 Å². The Labute approximate surface area is 154 Å². The van der Waals surface area contributed by atoms with Crippen molar-refractivity contribution in [3.8, 4) is 0 Å². The molecule has 0 radical (unpaired) electrons. The summed E-state index contributed by atoms with van der Waals surface area (Å²) in [4.78, 5) is 24.1. The highest BCUT2D eigenvalue weighted by atomic mass is 16.6. The van der Waals surface area contributed by atoms with E-state index in [0.717, 1.165) is 25.7 Å². The fourth-order valence-electron chi connectivity index (χ4n) is 4.49. The predicted molar refractivity (Wildman–Crippen MR) is 95.2 cm³/mol. The molecule has 1 aromatic rings. The van der Waals surface area contributed by atoms with Crippen molar-refractivity contribution in [2.75, 3.05) is 26.7 Å². The number of ether oxygens (including phenoxy) is 1. The normalized spacial score (nSPS) is 28.6. The number of rotatable bonds is 6. The molecule has 26 heavy (non-hydrogen) atoms. The molecule has 1 aliphatic carbocycles. The third kappa shape index (κ3) is 3.76. The second-order valence-corrected chi connectivity index (χ2v) is 8.01. The van der Waals surface area contributed by atoms with E-state index in [1.54, 1.807) is 12.1 Å². The first kappa shape index (κ1) is 18.9. The van der Waals surface area contributed by atoms with Crippen molar-refractivity contribution in [2.45, 2.75) is 43.8 Å². The highest BCUT2D eigenvalue weighted by Crippen LogP contribution is 2.42. The van der Waals surface area contributed by atoms with Gasteiger partial charge in [-0.25, -0.2) is 9.59 Å². The zero-order valence-corrected chi connectivity index (χ0v) is 15.3. The lowest BCUT2D eigenvalue weighted by Crippen LogP contribution is -2.48. The summed E-state index contributed by atoms with van der Waals surface area (Å²) < 4.78 is 6.07. The number of hydrogen-bond donors (Lipinski definition) is 2. The molecule has 0 bridgehead atoms. The number of aliphatic carboxylic acids is 1. The van der Waals surface area contributed by atoms with Crippen LogP contribution in [0.5, 0.6) is 0 Å². The molecule has 0 amide bonds. The van der Waals surface area contributed by atoms with Gasteiger partial charge in [-0.1, -0.05) is 43.2 Å². The number of quaternary nitrogens is 1. The maximum atomic E-state index is 13.0. The predicted octanol–water partition coefficient (Wildman–Crippen LogP) is 1.91. The van der Waals surface area contributed by atoms with Gasteiger partial charge in [-0.05, 0) is 18.4 Å². The van der Waals surface area contributed by atoms with Crippen LogP contribution in [0.25, 0.3) is 0 Å². The number of carbonyl (C=O) groups excluding carboxylic acids is 1. The van der Waals surface area contributed by atoms with E-state index in [4.69, 9.17) is 9.84 Å². The van der Waals surface area contributed by atoms with Crippen LogP contribution in [0.3, 0.4) is 0 Å². The smallest absolute Gasteiger partial charge is 0.359 e. The lowest BCUT2D eigenvalue weighted by Gasteiger charge is -2.33. The van der Waals surface area contributed by atoms with Crippen LogP contribution in [0, 0.1) is 5.92 Å². The number of carboxylic acids is 1. The fraction of sp³-hybridized carbons (Fsp3) is 0.600. The first-order valence-corrected chi connectivity index (χ1v) is 9.38. The quantitative estimate of drug-likeness (QED) is 0.597. The molecule has 1 saturated heterocycles. The van der Waals surface area contributed by atoms with Crippen molar-refractivity contribution in [3.05, 3.63) is 35.9 Å². The molecule has 6 nitrogen and oxygen atoms in total. The number of likely N-dealkylation sites (N-methyl/N-ethyl adjacent to an activating group) is 1. The summed E-state index contributed by atoms with van der Waals surface area (Å²) in [7, 11) is 1.86. The molecule has 0 spiro atoms. The summed E-state index contributed by atoms with van der Waals surface area (Å²) in [5.41, 5.74) is -1.05. The summed E-state index contributed by atoms with van der Waals surface area (Å²) in [5.74, 6) is -1.59. The molecule has 6 heteroatoms. The summed E-state index contributed by atoms with van der Waals surface area (Å²) in [6, 6.07) is 9.05. The average molecular weight is 362 g/mol. The van der Waals surface area contributed by atoms with E-state index < -0.39 is 17.5 Å². The molecule has 0 aromatic heterocycles. The number of carboxylic acid groups (broad SMARTS) is 1. The zero-order valence-electron chi connectivity index (χ0n) is 15.3.